The monoisotopic (exact) mass is 530 g/mol. The quantitative estimate of drug-likeness (QED) is 0.336. The highest BCUT2D eigenvalue weighted by Gasteiger charge is 2.32. The first kappa shape index (κ1) is 24.9. The van der Waals surface area contributed by atoms with Crippen LogP contribution in [0.1, 0.15) is 38.7 Å². The Labute approximate surface area is 197 Å². The fourth-order valence-electron chi connectivity index (χ4n) is 3.71. The lowest BCUT2D eigenvalue weighted by Gasteiger charge is -2.37. The number of hydrogen-bond donors (Lipinski definition) is 2. The fraction of sp³-hybridized carbons (Fsp3) is 0.636. The van der Waals surface area contributed by atoms with Gasteiger partial charge in [-0.25, -0.2) is 0 Å². The van der Waals surface area contributed by atoms with E-state index in [2.05, 4.69) is 20.5 Å². The third-order valence-corrected chi connectivity index (χ3v) is 5.69. The zero-order valence-electron chi connectivity index (χ0n) is 18.2. The molecule has 1 aromatic carbocycles. The Morgan fingerprint density at radius 1 is 1.30 bits per heavy atom. The number of rotatable bonds is 6. The number of morpholine rings is 1. The van der Waals surface area contributed by atoms with Gasteiger partial charge in [-0.3, -0.25) is 9.79 Å². The van der Waals surface area contributed by atoms with E-state index in [0.29, 0.717) is 13.2 Å². The summed E-state index contributed by atoms with van der Waals surface area (Å²) in [7, 11) is 1.81. The van der Waals surface area contributed by atoms with Gasteiger partial charge < -0.3 is 25.0 Å². The van der Waals surface area contributed by atoms with Gasteiger partial charge in [-0.1, -0.05) is 26.0 Å². The van der Waals surface area contributed by atoms with Gasteiger partial charge in [-0.2, -0.15) is 0 Å². The summed E-state index contributed by atoms with van der Waals surface area (Å²) in [5, 5.41) is 6.45. The van der Waals surface area contributed by atoms with Gasteiger partial charge in [0.05, 0.1) is 12.7 Å². The molecule has 7 nitrogen and oxygen atoms in total. The molecule has 3 atom stereocenters. The van der Waals surface area contributed by atoms with Crippen LogP contribution in [-0.2, 0) is 20.8 Å². The van der Waals surface area contributed by atoms with Crippen molar-refractivity contribution in [1.82, 2.24) is 10.2 Å². The van der Waals surface area contributed by atoms with E-state index in [4.69, 9.17) is 9.47 Å². The first-order valence-electron chi connectivity index (χ1n) is 10.7. The number of amides is 1. The summed E-state index contributed by atoms with van der Waals surface area (Å²) in [6, 6.07) is 7.95. The number of anilines is 1. The summed E-state index contributed by atoms with van der Waals surface area (Å²) < 4.78 is 11.7. The van der Waals surface area contributed by atoms with Crippen molar-refractivity contribution in [3.05, 3.63) is 29.8 Å². The fourth-order valence-corrected chi connectivity index (χ4v) is 3.71. The molecule has 3 rings (SSSR count). The molecule has 2 aliphatic rings. The number of benzene rings is 1. The lowest BCUT2D eigenvalue weighted by atomic mass is 10.1. The Kier molecular flexibility index (Phi) is 10.3. The highest BCUT2D eigenvalue weighted by molar-refractivity contribution is 14.0. The minimum atomic E-state index is 0. The summed E-state index contributed by atoms with van der Waals surface area (Å²) in [6.45, 7) is 7.72. The molecule has 1 aromatic rings. The number of aliphatic imine (C=N–C) groups is 1. The van der Waals surface area contributed by atoms with Gasteiger partial charge in [0, 0.05) is 44.9 Å². The molecule has 3 unspecified atom stereocenters. The van der Waals surface area contributed by atoms with Gasteiger partial charge in [-0.15, -0.1) is 24.0 Å². The van der Waals surface area contributed by atoms with Crippen molar-refractivity contribution in [2.75, 3.05) is 38.7 Å². The molecule has 2 N–H and O–H groups in total. The van der Waals surface area contributed by atoms with Crippen molar-refractivity contribution in [3.8, 4) is 0 Å². The van der Waals surface area contributed by atoms with Gasteiger partial charge >= 0.3 is 0 Å². The van der Waals surface area contributed by atoms with Gasteiger partial charge in [0.1, 0.15) is 6.10 Å². The number of halogens is 1. The van der Waals surface area contributed by atoms with Crippen molar-refractivity contribution >= 4 is 41.5 Å². The predicted octanol–water partition coefficient (Wildman–Crippen LogP) is 3.24. The molecule has 0 aromatic heterocycles. The molecule has 0 bridgehead atoms. The maximum absolute atomic E-state index is 12.1. The van der Waals surface area contributed by atoms with Gasteiger partial charge in [0.2, 0.25) is 5.91 Å². The van der Waals surface area contributed by atoms with Crippen LogP contribution in [-0.4, -0.2) is 62.3 Å². The van der Waals surface area contributed by atoms with Crippen LogP contribution in [0.3, 0.4) is 0 Å². The van der Waals surface area contributed by atoms with Crippen LogP contribution in [0.25, 0.3) is 0 Å². The van der Waals surface area contributed by atoms with E-state index in [9.17, 15) is 4.79 Å². The van der Waals surface area contributed by atoms with E-state index in [1.165, 1.54) is 0 Å². The number of nitrogens with zero attached hydrogens (tertiary/aromatic N) is 2. The van der Waals surface area contributed by atoms with Crippen molar-refractivity contribution < 1.29 is 14.3 Å². The van der Waals surface area contributed by atoms with Crippen molar-refractivity contribution in [2.45, 2.75) is 51.9 Å². The normalized spacial score (nSPS) is 22.9. The predicted molar refractivity (Wildman–Crippen MR) is 130 cm³/mol. The van der Waals surface area contributed by atoms with Crippen LogP contribution >= 0.6 is 24.0 Å². The number of carbonyl (C=O) groups is 1. The molecule has 168 valence electrons. The van der Waals surface area contributed by atoms with E-state index in [0.717, 1.165) is 56.2 Å². The van der Waals surface area contributed by atoms with Crippen LogP contribution in [0.4, 0.5) is 5.69 Å². The highest BCUT2D eigenvalue weighted by Crippen LogP contribution is 2.21. The number of ether oxygens (including phenoxy) is 2. The first-order chi connectivity index (χ1) is 14.1. The average Bonchev–Trinajstić information content (AvgIpc) is 3.29. The van der Waals surface area contributed by atoms with E-state index >= 15 is 0 Å². The molecular formula is C22H35IN4O3. The molecular weight excluding hydrogens is 495 g/mol. The van der Waals surface area contributed by atoms with Crippen molar-refractivity contribution in [3.63, 3.8) is 0 Å². The Morgan fingerprint density at radius 2 is 2.10 bits per heavy atom. The smallest absolute Gasteiger partial charge is 0.227 e. The summed E-state index contributed by atoms with van der Waals surface area (Å²) >= 11 is 0. The summed E-state index contributed by atoms with van der Waals surface area (Å²) in [4.78, 5) is 18.8. The van der Waals surface area contributed by atoms with E-state index in [-0.39, 0.29) is 48.0 Å². The third kappa shape index (κ3) is 6.81. The van der Waals surface area contributed by atoms with Crippen LogP contribution < -0.4 is 10.6 Å². The minimum absolute atomic E-state index is 0. The zero-order chi connectivity index (χ0) is 20.6. The SMILES string of the molecule is CCC(C)C(=O)Nc1cccc(CNC(=NC)N2CCOC(C3CCCO3)C2)c1.I. The molecule has 0 radical (unpaired) electrons. The molecule has 2 saturated heterocycles. The molecule has 30 heavy (non-hydrogen) atoms. The Bertz CT molecular complexity index is 709. The lowest BCUT2D eigenvalue weighted by Crippen LogP contribution is -2.53. The number of hydrogen-bond acceptors (Lipinski definition) is 4. The third-order valence-electron chi connectivity index (χ3n) is 5.69. The van der Waals surface area contributed by atoms with E-state index in [1.807, 2.05) is 45.2 Å². The summed E-state index contributed by atoms with van der Waals surface area (Å²) in [6.07, 6.45) is 3.31. The van der Waals surface area contributed by atoms with Crippen LogP contribution in [0.15, 0.2) is 29.3 Å². The zero-order valence-corrected chi connectivity index (χ0v) is 20.6. The lowest BCUT2D eigenvalue weighted by molar-refractivity contribution is -0.119. The molecule has 0 aliphatic carbocycles. The van der Waals surface area contributed by atoms with Crippen molar-refractivity contribution in [1.29, 1.82) is 0 Å². The summed E-state index contributed by atoms with van der Waals surface area (Å²) in [5.41, 5.74) is 1.92. The molecule has 0 saturated carbocycles. The van der Waals surface area contributed by atoms with Gasteiger partial charge in [-0.05, 0) is 37.0 Å². The second kappa shape index (κ2) is 12.5. The van der Waals surface area contributed by atoms with E-state index < -0.39 is 0 Å². The maximum Gasteiger partial charge on any atom is 0.227 e. The molecule has 8 heteroatoms. The minimum Gasteiger partial charge on any atom is -0.375 e. The maximum atomic E-state index is 12.1. The standard InChI is InChI=1S/C22H34N4O3.HI/c1-4-16(2)21(27)25-18-8-5-7-17(13-18)14-24-22(23-3)26-10-12-29-20(15-26)19-9-6-11-28-19;/h5,7-8,13,16,19-20H,4,6,9-12,14-15H2,1-3H3,(H,23,24)(H,25,27);1H. The van der Waals surface area contributed by atoms with Gasteiger partial charge in [0.15, 0.2) is 5.96 Å². The first-order valence-corrected chi connectivity index (χ1v) is 10.7. The molecule has 2 fully saturated rings. The molecule has 2 heterocycles. The Hall–Kier alpha value is -1.39. The Balaban J connectivity index is 0.00000320. The summed E-state index contributed by atoms with van der Waals surface area (Å²) in [5.74, 6) is 0.931. The Morgan fingerprint density at radius 3 is 2.80 bits per heavy atom. The van der Waals surface area contributed by atoms with Crippen LogP contribution in [0.2, 0.25) is 0 Å². The van der Waals surface area contributed by atoms with E-state index in [1.54, 1.807) is 0 Å². The molecule has 0 spiro atoms. The number of carbonyl (C=O) groups excluding carboxylic acids is 1. The second-order valence-corrected chi connectivity index (χ2v) is 7.81. The largest absolute Gasteiger partial charge is 0.375 e. The number of guanidine groups is 1. The van der Waals surface area contributed by atoms with Gasteiger partial charge in [0.25, 0.3) is 0 Å². The molecule has 1 amide bonds. The topological polar surface area (TPSA) is 75.2 Å². The number of nitrogens with one attached hydrogen (secondary N) is 2. The van der Waals surface area contributed by atoms with Crippen molar-refractivity contribution in [2.24, 2.45) is 10.9 Å². The van der Waals surface area contributed by atoms with Crippen LogP contribution in [0, 0.1) is 5.92 Å². The van der Waals surface area contributed by atoms with Crippen LogP contribution in [0.5, 0.6) is 0 Å². The average molecular weight is 530 g/mol. The second-order valence-electron chi connectivity index (χ2n) is 7.81. The highest BCUT2D eigenvalue weighted by atomic mass is 127. The molecule has 2 aliphatic heterocycles.